The number of rotatable bonds is 3. The molecule has 0 aliphatic rings. The summed E-state index contributed by atoms with van der Waals surface area (Å²) >= 11 is 0. The zero-order valence-electron chi connectivity index (χ0n) is 8.43. The van der Waals surface area contributed by atoms with Gasteiger partial charge in [-0.3, -0.25) is 0 Å². The molecule has 0 fully saturated rings. The van der Waals surface area contributed by atoms with Crippen LogP contribution >= 0.6 is 0 Å². The number of aromatic nitrogens is 2. The van der Waals surface area contributed by atoms with Crippen LogP contribution in [0.25, 0.3) is 11.4 Å². The van der Waals surface area contributed by atoms with Crippen molar-refractivity contribution in [1.29, 1.82) is 0 Å². The van der Waals surface area contributed by atoms with Crippen LogP contribution in [-0.4, -0.2) is 16.1 Å². The normalized spacial score (nSPS) is 10.5. The van der Waals surface area contributed by atoms with Gasteiger partial charge in [0.05, 0.1) is 0 Å². The molecule has 0 radical (unpaired) electrons. The molecule has 0 aliphatic heterocycles. The van der Waals surface area contributed by atoms with Crippen molar-refractivity contribution in [3.8, 4) is 11.4 Å². The van der Waals surface area contributed by atoms with Crippen LogP contribution in [0, 0.1) is 0 Å². The quantitative estimate of drug-likeness (QED) is 0.732. The minimum atomic E-state index is 0.603. The lowest BCUT2D eigenvalue weighted by atomic mass is 10.2. The molecule has 2 rings (SSSR count). The van der Waals surface area contributed by atoms with Crippen molar-refractivity contribution < 1.29 is 0 Å². The van der Waals surface area contributed by atoms with E-state index in [2.05, 4.69) is 4.98 Å². The van der Waals surface area contributed by atoms with Crippen LogP contribution in [0.15, 0.2) is 36.7 Å². The monoisotopic (exact) mass is 202 g/mol. The number of hydrogen-bond donors (Lipinski definition) is 2. The second-order valence-electron chi connectivity index (χ2n) is 3.36. The molecule has 0 saturated carbocycles. The molecule has 2 aromatic rings. The predicted molar refractivity (Wildman–Crippen MR) is 61.1 cm³/mol. The van der Waals surface area contributed by atoms with Crippen molar-refractivity contribution in [1.82, 2.24) is 9.55 Å². The summed E-state index contributed by atoms with van der Waals surface area (Å²) in [4.78, 5) is 4.30. The number of hydrogen-bond acceptors (Lipinski definition) is 3. The van der Waals surface area contributed by atoms with Gasteiger partial charge in [-0.15, -0.1) is 0 Å². The Morgan fingerprint density at radius 2 is 2.20 bits per heavy atom. The van der Waals surface area contributed by atoms with E-state index in [0.717, 1.165) is 23.6 Å². The summed E-state index contributed by atoms with van der Waals surface area (Å²) < 4.78 is 2.02. The SMILES string of the molecule is NCCn1ccnc1-c1cccc(N)c1. The van der Waals surface area contributed by atoms with Gasteiger partial charge in [-0.05, 0) is 12.1 Å². The Balaban J connectivity index is 2.40. The molecule has 0 amide bonds. The fourth-order valence-corrected chi connectivity index (χ4v) is 1.57. The first-order chi connectivity index (χ1) is 7.31. The molecule has 4 N–H and O–H groups in total. The van der Waals surface area contributed by atoms with E-state index in [1.165, 1.54) is 0 Å². The third-order valence-corrected chi connectivity index (χ3v) is 2.23. The summed E-state index contributed by atoms with van der Waals surface area (Å²) in [6.07, 6.45) is 3.69. The first-order valence-electron chi connectivity index (χ1n) is 4.88. The third kappa shape index (κ3) is 1.99. The Hall–Kier alpha value is -1.81. The summed E-state index contributed by atoms with van der Waals surface area (Å²) in [5.74, 6) is 0.910. The fraction of sp³-hybridized carbons (Fsp3) is 0.182. The number of imidazole rings is 1. The topological polar surface area (TPSA) is 69.9 Å². The number of anilines is 1. The fourth-order valence-electron chi connectivity index (χ4n) is 1.57. The molecule has 0 aliphatic carbocycles. The third-order valence-electron chi connectivity index (χ3n) is 2.23. The maximum absolute atomic E-state index is 5.73. The Morgan fingerprint density at radius 1 is 1.33 bits per heavy atom. The standard InChI is InChI=1S/C11H14N4/c12-4-6-15-7-5-14-11(15)9-2-1-3-10(13)8-9/h1-3,5,7-8H,4,6,12-13H2. The number of nitrogen functional groups attached to an aromatic ring is 1. The molecular formula is C11H14N4. The molecule has 0 saturated heterocycles. The van der Waals surface area contributed by atoms with Crippen LogP contribution in [0.5, 0.6) is 0 Å². The van der Waals surface area contributed by atoms with Gasteiger partial charge in [0.1, 0.15) is 5.82 Å². The van der Waals surface area contributed by atoms with E-state index >= 15 is 0 Å². The van der Waals surface area contributed by atoms with Gasteiger partial charge in [-0.1, -0.05) is 12.1 Å². The molecule has 1 aromatic heterocycles. The molecule has 78 valence electrons. The lowest BCUT2D eigenvalue weighted by molar-refractivity contribution is 0.715. The first kappa shape index (κ1) is 9.73. The zero-order valence-corrected chi connectivity index (χ0v) is 8.43. The van der Waals surface area contributed by atoms with Crippen LogP contribution in [0.3, 0.4) is 0 Å². The van der Waals surface area contributed by atoms with Gasteiger partial charge in [0.15, 0.2) is 0 Å². The Morgan fingerprint density at radius 3 is 2.93 bits per heavy atom. The number of nitrogens with two attached hydrogens (primary N) is 2. The van der Waals surface area contributed by atoms with Crippen LogP contribution in [0.2, 0.25) is 0 Å². The lowest BCUT2D eigenvalue weighted by Gasteiger charge is -2.06. The van der Waals surface area contributed by atoms with Gasteiger partial charge >= 0.3 is 0 Å². The van der Waals surface area contributed by atoms with E-state index in [0.29, 0.717) is 6.54 Å². The first-order valence-corrected chi connectivity index (χ1v) is 4.88. The minimum absolute atomic E-state index is 0.603. The van der Waals surface area contributed by atoms with E-state index in [-0.39, 0.29) is 0 Å². The highest BCUT2D eigenvalue weighted by Crippen LogP contribution is 2.19. The van der Waals surface area contributed by atoms with Gasteiger partial charge in [0.25, 0.3) is 0 Å². The van der Waals surface area contributed by atoms with Crippen molar-refractivity contribution in [3.63, 3.8) is 0 Å². The van der Waals surface area contributed by atoms with Crippen molar-refractivity contribution in [2.24, 2.45) is 5.73 Å². The Bertz CT molecular complexity index is 447. The highest BCUT2D eigenvalue weighted by atomic mass is 15.1. The molecule has 1 aromatic carbocycles. The van der Waals surface area contributed by atoms with Gasteiger partial charge in [0.2, 0.25) is 0 Å². The van der Waals surface area contributed by atoms with E-state index in [4.69, 9.17) is 11.5 Å². The zero-order chi connectivity index (χ0) is 10.7. The molecule has 1 heterocycles. The Kier molecular flexibility index (Phi) is 2.69. The molecule has 4 heteroatoms. The summed E-state index contributed by atoms with van der Waals surface area (Å²) in [5.41, 5.74) is 13.0. The highest BCUT2D eigenvalue weighted by molar-refractivity contribution is 5.61. The maximum atomic E-state index is 5.73. The summed E-state index contributed by atoms with van der Waals surface area (Å²) in [5, 5.41) is 0. The number of benzene rings is 1. The summed E-state index contributed by atoms with van der Waals surface area (Å²) in [6, 6.07) is 7.69. The summed E-state index contributed by atoms with van der Waals surface area (Å²) in [6.45, 7) is 1.37. The van der Waals surface area contributed by atoms with Gasteiger partial charge in [-0.2, -0.15) is 0 Å². The summed E-state index contributed by atoms with van der Waals surface area (Å²) in [7, 11) is 0. The highest BCUT2D eigenvalue weighted by Gasteiger charge is 2.04. The molecule has 0 spiro atoms. The van der Waals surface area contributed by atoms with E-state index in [1.54, 1.807) is 6.20 Å². The van der Waals surface area contributed by atoms with Crippen LogP contribution in [0.4, 0.5) is 5.69 Å². The van der Waals surface area contributed by atoms with Crippen molar-refractivity contribution >= 4 is 5.69 Å². The maximum Gasteiger partial charge on any atom is 0.139 e. The second-order valence-corrected chi connectivity index (χ2v) is 3.36. The molecule has 0 bridgehead atoms. The van der Waals surface area contributed by atoms with Crippen LogP contribution < -0.4 is 11.5 Å². The van der Waals surface area contributed by atoms with Gasteiger partial charge in [0, 0.05) is 36.7 Å². The number of nitrogens with zero attached hydrogens (tertiary/aromatic N) is 2. The largest absolute Gasteiger partial charge is 0.399 e. The lowest BCUT2D eigenvalue weighted by Crippen LogP contribution is -2.10. The Labute approximate surface area is 88.5 Å². The van der Waals surface area contributed by atoms with Gasteiger partial charge in [-0.25, -0.2) is 4.98 Å². The van der Waals surface area contributed by atoms with E-state index in [1.807, 2.05) is 35.0 Å². The second kappa shape index (κ2) is 4.14. The van der Waals surface area contributed by atoms with E-state index < -0.39 is 0 Å². The smallest absolute Gasteiger partial charge is 0.139 e. The van der Waals surface area contributed by atoms with Crippen molar-refractivity contribution in [2.45, 2.75) is 6.54 Å². The van der Waals surface area contributed by atoms with Crippen molar-refractivity contribution in [3.05, 3.63) is 36.7 Å². The van der Waals surface area contributed by atoms with Crippen LogP contribution in [0.1, 0.15) is 0 Å². The predicted octanol–water partition coefficient (Wildman–Crippen LogP) is 1.09. The average Bonchev–Trinajstić information content (AvgIpc) is 2.66. The molecule has 4 nitrogen and oxygen atoms in total. The van der Waals surface area contributed by atoms with Crippen LogP contribution in [-0.2, 0) is 6.54 Å². The minimum Gasteiger partial charge on any atom is -0.399 e. The molecule has 0 atom stereocenters. The van der Waals surface area contributed by atoms with Crippen molar-refractivity contribution in [2.75, 3.05) is 12.3 Å². The molecule has 0 unspecified atom stereocenters. The molecular weight excluding hydrogens is 188 g/mol. The molecule has 15 heavy (non-hydrogen) atoms. The average molecular weight is 202 g/mol. The van der Waals surface area contributed by atoms with E-state index in [9.17, 15) is 0 Å². The van der Waals surface area contributed by atoms with Gasteiger partial charge < -0.3 is 16.0 Å².